The van der Waals surface area contributed by atoms with Crippen LogP contribution in [0.3, 0.4) is 0 Å². The minimum Gasteiger partial charge on any atom is -0.393 e. The molecule has 0 aliphatic heterocycles. The SMILES string of the molecule is C[C@@H](O)[C@@]1(O)CC[C@H]2[C@@H]3CC[C@@]4(C)C[C@H](O)CC[C@]4(C)[C@H]3[C@H](O)C[C@@]21C. The molecule has 10 atom stereocenters. The zero-order valence-electron chi connectivity index (χ0n) is 16.9. The predicted molar refractivity (Wildman–Crippen MR) is 100 cm³/mol. The fourth-order valence-electron chi connectivity index (χ4n) is 8.44. The van der Waals surface area contributed by atoms with Crippen molar-refractivity contribution < 1.29 is 20.4 Å². The van der Waals surface area contributed by atoms with Crippen molar-refractivity contribution in [3.63, 3.8) is 0 Å². The summed E-state index contributed by atoms with van der Waals surface area (Å²) in [5, 5.41) is 43.3. The lowest BCUT2D eigenvalue weighted by molar-refractivity contribution is -0.235. The molecule has 4 saturated carbocycles. The second kappa shape index (κ2) is 5.68. The maximum atomic E-state index is 11.4. The van der Waals surface area contributed by atoms with E-state index in [4.69, 9.17) is 0 Å². The molecule has 0 aromatic rings. The van der Waals surface area contributed by atoms with E-state index >= 15 is 0 Å². The van der Waals surface area contributed by atoms with Crippen LogP contribution in [0.1, 0.15) is 79.1 Å². The Labute approximate surface area is 158 Å². The lowest BCUT2D eigenvalue weighted by Crippen LogP contribution is -2.65. The van der Waals surface area contributed by atoms with Gasteiger partial charge >= 0.3 is 0 Å². The summed E-state index contributed by atoms with van der Waals surface area (Å²) in [5.74, 6) is 1.01. The average Bonchev–Trinajstić information content (AvgIpc) is 2.81. The highest BCUT2D eigenvalue weighted by molar-refractivity contribution is 5.18. The number of hydrogen-bond acceptors (Lipinski definition) is 4. The van der Waals surface area contributed by atoms with Crippen LogP contribution in [0.5, 0.6) is 0 Å². The molecule has 0 saturated heterocycles. The lowest BCUT2D eigenvalue weighted by Gasteiger charge is -2.66. The summed E-state index contributed by atoms with van der Waals surface area (Å²) in [7, 11) is 0. The molecule has 4 aliphatic rings. The fourth-order valence-corrected chi connectivity index (χ4v) is 8.44. The van der Waals surface area contributed by atoms with Crippen molar-refractivity contribution in [3.8, 4) is 0 Å². The van der Waals surface area contributed by atoms with Crippen molar-refractivity contribution in [2.45, 2.75) is 103 Å². The molecular weight excluding hydrogens is 328 g/mol. The van der Waals surface area contributed by atoms with Gasteiger partial charge in [-0.05, 0) is 86.9 Å². The van der Waals surface area contributed by atoms with Gasteiger partial charge in [0.05, 0.1) is 23.9 Å². The third kappa shape index (κ3) is 2.16. The van der Waals surface area contributed by atoms with E-state index in [0.29, 0.717) is 24.7 Å². The van der Waals surface area contributed by atoms with Crippen LogP contribution in [0, 0.1) is 34.0 Å². The van der Waals surface area contributed by atoms with Crippen LogP contribution in [0.25, 0.3) is 0 Å². The molecule has 4 rings (SSSR count). The van der Waals surface area contributed by atoms with E-state index < -0.39 is 23.2 Å². The second-order valence-corrected chi connectivity index (χ2v) is 11.0. The number of fused-ring (bicyclic) bond motifs is 5. The second-order valence-electron chi connectivity index (χ2n) is 11.0. The number of aliphatic hydroxyl groups is 4. The largest absolute Gasteiger partial charge is 0.393 e. The zero-order valence-corrected chi connectivity index (χ0v) is 16.9. The summed E-state index contributed by atoms with van der Waals surface area (Å²) < 4.78 is 0. The first kappa shape index (κ1) is 19.2. The highest BCUT2D eigenvalue weighted by Crippen LogP contribution is 2.71. The quantitative estimate of drug-likeness (QED) is 0.575. The van der Waals surface area contributed by atoms with Gasteiger partial charge in [-0.15, -0.1) is 0 Å². The maximum Gasteiger partial charge on any atom is 0.0959 e. The summed E-state index contributed by atoms with van der Waals surface area (Å²) in [6.45, 7) is 8.50. The predicted octanol–water partition coefficient (Wildman–Crippen LogP) is 2.86. The van der Waals surface area contributed by atoms with Crippen molar-refractivity contribution in [2.75, 3.05) is 0 Å². The van der Waals surface area contributed by atoms with Crippen LogP contribution < -0.4 is 0 Å². The van der Waals surface area contributed by atoms with Gasteiger partial charge in [-0.3, -0.25) is 0 Å². The molecule has 4 nitrogen and oxygen atoms in total. The molecular formula is C22H38O4. The molecule has 0 heterocycles. The van der Waals surface area contributed by atoms with Crippen LogP contribution in [0.15, 0.2) is 0 Å². The Morgan fingerprint density at radius 3 is 2.23 bits per heavy atom. The Balaban J connectivity index is 1.72. The van der Waals surface area contributed by atoms with Crippen LogP contribution in [0.4, 0.5) is 0 Å². The highest BCUT2D eigenvalue weighted by Gasteiger charge is 2.69. The van der Waals surface area contributed by atoms with E-state index in [9.17, 15) is 20.4 Å². The van der Waals surface area contributed by atoms with Gasteiger partial charge in [0.1, 0.15) is 0 Å². The number of rotatable bonds is 1. The molecule has 0 unspecified atom stereocenters. The molecule has 0 bridgehead atoms. The van der Waals surface area contributed by atoms with E-state index in [1.165, 1.54) is 0 Å². The summed E-state index contributed by atoms with van der Waals surface area (Å²) in [4.78, 5) is 0. The molecule has 0 radical (unpaired) electrons. The Morgan fingerprint density at radius 1 is 0.885 bits per heavy atom. The number of aliphatic hydroxyl groups excluding tert-OH is 3. The molecule has 150 valence electrons. The van der Waals surface area contributed by atoms with Crippen molar-refractivity contribution >= 4 is 0 Å². The summed E-state index contributed by atoms with van der Waals surface area (Å²) in [5.41, 5.74) is -1.38. The molecule has 4 heteroatoms. The Kier molecular flexibility index (Phi) is 4.19. The van der Waals surface area contributed by atoms with Gasteiger partial charge in [0.2, 0.25) is 0 Å². The first-order chi connectivity index (χ1) is 12.0. The smallest absolute Gasteiger partial charge is 0.0959 e. The summed E-state index contributed by atoms with van der Waals surface area (Å²) in [6, 6.07) is 0. The van der Waals surface area contributed by atoms with Gasteiger partial charge in [0, 0.05) is 5.41 Å². The van der Waals surface area contributed by atoms with Crippen LogP contribution in [-0.4, -0.2) is 44.3 Å². The van der Waals surface area contributed by atoms with Crippen molar-refractivity contribution in [1.82, 2.24) is 0 Å². The van der Waals surface area contributed by atoms with Crippen molar-refractivity contribution in [3.05, 3.63) is 0 Å². The van der Waals surface area contributed by atoms with Crippen LogP contribution >= 0.6 is 0 Å². The third-order valence-electron chi connectivity index (χ3n) is 10.2. The standard InChI is InChI=1S/C22H38O4/c1-13(23)22(26)10-7-16-15-6-8-19(2)11-14(24)5-9-20(19,3)18(15)17(25)12-21(16,22)4/h13-18,23-26H,5-12H2,1-4H3/t13-,14-,15+,16+,17-,18-,19+,20-,21+,22+/m1/s1. The summed E-state index contributed by atoms with van der Waals surface area (Å²) in [6.07, 6.45) is 5.56. The Hall–Kier alpha value is -0.160. The lowest BCUT2D eigenvalue weighted by atomic mass is 9.39. The molecule has 0 aromatic heterocycles. The van der Waals surface area contributed by atoms with Gasteiger partial charge in [0.25, 0.3) is 0 Å². The van der Waals surface area contributed by atoms with Crippen molar-refractivity contribution in [1.29, 1.82) is 0 Å². The maximum absolute atomic E-state index is 11.4. The fraction of sp³-hybridized carbons (Fsp3) is 1.00. The van der Waals surface area contributed by atoms with Gasteiger partial charge in [0.15, 0.2) is 0 Å². The molecule has 0 aromatic carbocycles. The molecule has 0 spiro atoms. The minimum atomic E-state index is -1.09. The Bertz CT molecular complexity index is 578. The first-order valence-electron chi connectivity index (χ1n) is 10.8. The summed E-state index contributed by atoms with van der Waals surface area (Å²) >= 11 is 0. The van der Waals surface area contributed by atoms with E-state index in [1.807, 2.05) is 0 Å². The van der Waals surface area contributed by atoms with Crippen LogP contribution in [0.2, 0.25) is 0 Å². The van der Waals surface area contributed by atoms with E-state index in [0.717, 1.165) is 38.5 Å². The van der Waals surface area contributed by atoms with Gasteiger partial charge in [-0.25, -0.2) is 0 Å². The molecule has 26 heavy (non-hydrogen) atoms. The third-order valence-corrected chi connectivity index (χ3v) is 10.2. The van der Waals surface area contributed by atoms with E-state index in [1.54, 1.807) is 6.92 Å². The molecule has 4 aliphatic carbocycles. The monoisotopic (exact) mass is 366 g/mol. The zero-order chi connectivity index (χ0) is 19.1. The Morgan fingerprint density at radius 2 is 1.58 bits per heavy atom. The highest BCUT2D eigenvalue weighted by atomic mass is 16.3. The van der Waals surface area contributed by atoms with Gasteiger partial charge in [-0.2, -0.15) is 0 Å². The molecule has 4 N–H and O–H groups in total. The van der Waals surface area contributed by atoms with Gasteiger partial charge < -0.3 is 20.4 Å². The average molecular weight is 367 g/mol. The van der Waals surface area contributed by atoms with Crippen LogP contribution in [-0.2, 0) is 0 Å². The molecule has 4 fully saturated rings. The normalized spacial score (nSPS) is 60.7. The number of hydrogen-bond donors (Lipinski definition) is 4. The van der Waals surface area contributed by atoms with Crippen molar-refractivity contribution in [2.24, 2.45) is 34.0 Å². The molecule has 0 amide bonds. The van der Waals surface area contributed by atoms with E-state index in [-0.39, 0.29) is 22.9 Å². The first-order valence-corrected chi connectivity index (χ1v) is 10.8. The van der Waals surface area contributed by atoms with E-state index in [2.05, 4.69) is 20.8 Å². The minimum absolute atomic E-state index is 0.0431. The topological polar surface area (TPSA) is 80.9 Å². The van der Waals surface area contributed by atoms with Gasteiger partial charge in [-0.1, -0.05) is 20.8 Å².